The summed E-state index contributed by atoms with van der Waals surface area (Å²) in [6.07, 6.45) is 4.38. The number of anilines is 1. The molecule has 36 heavy (non-hydrogen) atoms. The van der Waals surface area contributed by atoms with Gasteiger partial charge >= 0.3 is 0 Å². The van der Waals surface area contributed by atoms with Crippen molar-refractivity contribution in [3.05, 3.63) is 72.2 Å². The number of aromatic nitrogens is 1. The van der Waals surface area contributed by atoms with E-state index < -0.39 is 10.0 Å². The number of hydrogen-bond donors (Lipinski definition) is 0. The molecular formula is C26H27N3O4S3. The van der Waals surface area contributed by atoms with Crippen molar-refractivity contribution in [3.63, 3.8) is 0 Å². The summed E-state index contributed by atoms with van der Waals surface area (Å²) in [4.78, 5) is 21.3. The van der Waals surface area contributed by atoms with Crippen LogP contribution in [0.1, 0.15) is 24.2 Å². The Kier molecular flexibility index (Phi) is 7.21. The molecule has 0 radical (unpaired) electrons. The fourth-order valence-electron chi connectivity index (χ4n) is 4.47. The SMILES string of the molecule is CSc1ccccc1S(=O)(=O)N1CCC(C(=O)N(Cc2ccco2)c2nc3ccc(C)cc3s2)CC1. The Morgan fingerprint density at radius 2 is 1.94 bits per heavy atom. The summed E-state index contributed by atoms with van der Waals surface area (Å²) < 4.78 is 34.7. The summed E-state index contributed by atoms with van der Waals surface area (Å²) >= 11 is 2.90. The smallest absolute Gasteiger partial charge is 0.244 e. The van der Waals surface area contributed by atoms with Gasteiger partial charge in [-0.15, -0.1) is 11.8 Å². The lowest BCUT2D eigenvalue weighted by Crippen LogP contribution is -2.44. The molecule has 0 aliphatic carbocycles. The molecule has 2 aromatic carbocycles. The zero-order valence-electron chi connectivity index (χ0n) is 20.1. The zero-order valence-corrected chi connectivity index (χ0v) is 22.5. The Morgan fingerprint density at radius 3 is 2.67 bits per heavy atom. The van der Waals surface area contributed by atoms with Crippen molar-refractivity contribution in [3.8, 4) is 0 Å². The highest BCUT2D eigenvalue weighted by atomic mass is 32.2. The number of aryl methyl sites for hydroxylation is 1. The Balaban J connectivity index is 1.36. The van der Waals surface area contributed by atoms with E-state index in [1.165, 1.54) is 27.4 Å². The number of rotatable bonds is 7. The van der Waals surface area contributed by atoms with Crippen molar-refractivity contribution >= 4 is 54.4 Å². The van der Waals surface area contributed by atoms with Crippen LogP contribution in [0.15, 0.2) is 75.1 Å². The van der Waals surface area contributed by atoms with Crippen LogP contribution >= 0.6 is 23.1 Å². The normalized spacial score (nSPS) is 15.4. The lowest BCUT2D eigenvalue weighted by atomic mass is 9.96. The molecule has 0 saturated carbocycles. The molecule has 1 fully saturated rings. The maximum absolute atomic E-state index is 13.8. The molecule has 10 heteroatoms. The first kappa shape index (κ1) is 25.0. The average Bonchev–Trinajstić information content (AvgIpc) is 3.56. The van der Waals surface area contributed by atoms with E-state index in [9.17, 15) is 13.2 Å². The molecule has 5 rings (SSSR count). The Hall–Kier alpha value is -2.66. The Morgan fingerprint density at radius 1 is 1.17 bits per heavy atom. The van der Waals surface area contributed by atoms with Gasteiger partial charge in [0.25, 0.3) is 0 Å². The van der Waals surface area contributed by atoms with Crippen molar-refractivity contribution in [2.45, 2.75) is 36.1 Å². The number of thioether (sulfide) groups is 1. The number of fused-ring (bicyclic) bond motifs is 1. The van der Waals surface area contributed by atoms with E-state index in [1.54, 1.807) is 29.4 Å². The Bertz CT molecular complexity index is 1470. The van der Waals surface area contributed by atoms with Crippen LogP contribution in [0.5, 0.6) is 0 Å². The van der Waals surface area contributed by atoms with Crippen molar-refractivity contribution < 1.29 is 17.6 Å². The molecule has 3 heterocycles. The van der Waals surface area contributed by atoms with Crippen LogP contribution in [-0.2, 0) is 21.4 Å². The summed E-state index contributed by atoms with van der Waals surface area (Å²) in [6.45, 7) is 2.92. The monoisotopic (exact) mass is 541 g/mol. The van der Waals surface area contributed by atoms with E-state index in [4.69, 9.17) is 9.40 Å². The topological polar surface area (TPSA) is 83.7 Å². The second-order valence-electron chi connectivity index (χ2n) is 8.80. The van der Waals surface area contributed by atoms with Crippen LogP contribution in [0.3, 0.4) is 0 Å². The number of amides is 1. The summed E-state index contributed by atoms with van der Waals surface area (Å²) in [7, 11) is -3.63. The molecule has 1 saturated heterocycles. The highest BCUT2D eigenvalue weighted by Crippen LogP contribution is 2.34. The van der Waals surface area contributed by atoms with Crippen molar-refractivity contribution in [1.29, 1.82) is 0 Å². The Labute approximate surface area is 219 Å². The molecular weight excluding hydrogens is 515 g/mol. The van der Waals surface area contributed by atoms with Crippen molar-refractivity contribution in [1.82, 2.24) is 9.29 Å². The maximum Gasteiger partial charge on any atom is 0.244 e. The van der Waals surface area contributed by atoms with Crippen LogP contribution in [0, 0.1) is 12.8 Å². The molecule has 0 bridgehead atoms. The number of furan rings is 1. The van der Waals surface area contributed by atoms with Gasteiger partial charge in [-0.05, 0) is 68.0 Å². The van der Waals surface area contributed by atoms with Gasteiger partial charge in [-0.25, -0.2) is 13.4 Å². The molecule has 0 spiro atoms. The van der Waals surface area contributed by atoms with Crippen LogP contribution in [0.4, 0.5) is 5.13 Å². The summed E-state index contributed by atoms with van der Waals surface area (Å²) in [5, 5.41) is 0.626. The largest absolute Gasteiger partial charge is 0.467 e. The molecule has 1 aliphatic heterocycles. The number of nitrogens with zero attached hydrogens (tertiary/aromatic N) is 3. The van der Waals surface area contributed by atoms with Gasteiger partial charge in [0.2, 0.25) is 15.9 Å². The first-order valence-corrected chi connectivity index (χ1v) is 15.2. The van der Waals surface area contributed by atoms with Crippen LogP contribution in [0.2, 0.25) is 0 Å². The van der Waals surface area contributed by atoms with Gasteiger partial charge in [-0.3, -0.25) is 9.69 Å². The van der Waals surface area contributed by atoms with Gasteiger partial charge < -0.3 is 4.42 Å². The molecule has 0 atom stereocenters. The van der Waals surface area contributed by atoms with Gasteiger partial charge in [0, 0.05) is 23.9 Å². The van der Waals surface area contributed by atoms with Crippen LogP contribution in [0.25, 0.3) is 10.2 Å². The second-order valence-corrected chi connectivity index (χ2v) is 12.6. The molecule has 0 unspecified atom stereocenters. The number of piperidine rings is 1. The minimum Gasteiger partial charge on any atom is -0.467 e. The standard InChI is InChI=1S/C26H27N3O4S3/c1-18-9-10-21-23(16-18)35-26(27-21)29(17-20-6-5-15-33-20)25(30)19-11-13-28(14-12-19)36(31,32)24-8-4-3-7-22(24)34-2/h3-10,15-16,19H,11-14,17H2,1-2H3. The van der Waals surface area contributed by atoms with E-state index in [2.05, 4.69) is 6.07 Å². The molecule has 4 aromatic rings. The highest BCUT2D eigenvalue weighted by Gasteiger charge is 2.36. The van der Waals surface area contributed by atoms with Gasteiger partial charge in [0.05, 0.1) is 27.9 Å². The summed E-state index contributed by atoms with van der Waals surface area (Å²) in [5.41, 5.74) is 1.99. The predicted molar refractivity (Wildman–Crippen MR) is 144 cm³/mol. The van der Waals surface area contributed by atoms with Gasteiger partial charge in [0.15, 0.2) is 5.13 Å². The maximum atomic E-state index is 13.8. The summed E-state index contributed by atoms with van der Waals surface area (Å²) in [5.74, 6) is 0.326. The molecule has 1 amide bonds. The fourth-order valence-corrected chi connectivity index (χ4v) is 8.13. The van der Waals surface area contributed by atoms with E-state index >= 15 is 0 Å². The predicted octanol–water partition coefficient (Wildman–Crippen LogP) is 5.55. The minimum atomic E-state index is -3.63. The summed E-state index contributed by atoms with van der Waals surface area (Å²) in [6, 6.07) is 16.7. The minimum absolute atomic E-state index is 0.0521. The first-order chi connectivity index (χ1) is 17.4. The molecule has 0 N–H and O–H groups in total. The van der Waals surface area contributed by atoms with Crippen molar-refractivity contribution in [2.75, 3.05) is 24.2 Å². The number of hydrogen-bond acceptors (Lipinski definition) is 7. The zero-order chi connectivity index (χ0) is 25.3. The first-order valence-electron chi connectivity index (χ1n) is 11.7. The molecule has 1 aliphatic rings. The number of carbonyl (C=O) groups is 1. The third-order valence-electron chi connectivity index (χ3n) is 6.41. The lowest BCUT2D eigenvalue weighted by molar-refractivity contribution is -0.123. The molecule has 188 valence electrons. The van der Waals surface area contributed by atoms with E-state index in [-0.39, 0.29) is 18.4 Å². The van der Waals surface area contributed by atoms with Gasteiger partial charge in [-0.2, -0.15) is 4.31 Å². The number of carbonyl (C=O) groups excluding carboxylic acids is 1. The van der Waals surface area contributed by atoms with Crippen LogP contribution in [-0.4, -0.2) is 43.0 Å². The number of benzene rings is 2. The third kappa shape index (κ3) is 4.95. The van der Waals surface area contributed by atoms with Gasteiger partial charge in [0.1, 0.15) is 5.76 Å². The van der Waals surface area contributed by atoms with E-state index in [0.717, 1.165) is 20.7 Å². The lowest BCUT2D eigenvalue weighted by Gasteiger charge is -2.33. The molecule has 7 nitrogen and oxygen atoms in total. The van der Waals surface area contributed by atoms with Gasteiger partial charge in [-0.1, -0.05) is 29.5 Å². The fraction of sp³-hybridized carbons (Fsp3) is 0.308. The van der Waals surface area contributed by atoms with E-state index in [0.29, 0.717) is 41.7 Å². The number of thiazole rings is 1. The second kappa shape index (κ2) is 10.4. The third-order valence-corrected chi connectivity index (χ3v) is 10.3. The average molecular weight is 542 g/mol. The quantitative estimate of drug-likeness (QED) is 0.285. The number of sulfonamides is 1. The van der Waals surface area contributed by atoms with E-state index in [1.807, 2.05) is 43.5 Å². The van der Waals surface area contributed by atoms with Crippen LogP contribution < -0.4 is 4.90 Å². The van der Waals surface area contributed by atoms with Crippen molar-refractivity contribution in [2.24, 2.45) is 5.92 Å². The molecule has 2 aromatic heterocycles. The highest BCUT2D eigenvalue weighted by molar-refractivity contribution is 7.99.